The Morgan fingerprint density at radius 3 is 2.76 bits per heavy atom. The number of ether oxygens (including phenoxy) is 1. The molecule has 1 fully saturated rings. The number of hydrogen-bond acceptors (Lipinski definition) is 5. The van der Waals surface area contributed by atoms with E-state index in [0.717, 1.165) is 6.42 Å². The van der Waals surface area contributed by atoms with Gasteiger partial charge in [-0.05, 0) is 12.3 Å². The SMILES string of the molecule is CC(C)CCOC(=O)CC1CS(=O)(=O)CCN1. The molecule has 0 spiro atoms. The molecule has 1 aliphatic rings. The molecule has 6 heteroatoms. The van der Waals surface area contributed by atoms with Gasteiger partial charge in [0.05, 0.1) is 24.5 Å². The topological polar surface area (TPSA) is 72.5 Å². The third kappa shape index (κ3) is 6.02. The quantitative estimate of drug-likeness (QED) is 0.725. The molecule has 17 heavy (non-hydrogen) atoms. The van der Waals surface area contributed by atoms with Crippen LogP contribution >= 0.6 is 0 Å². The van der Waals surface area contributed by atoms with E-state index in [4.69, 9.17) is 4.74 Å². The Morgan fingerprint density at radius 2 is 2.18 bits per heavy atom. The molecule has 0 aromatic heterocycles. The minimum absolute atomic E-state index is 0.0340. The minimum atomic E-state index is -2.98. The average Bonchev–Trinajstić information content (AvgIpc) is 2.14. The number of carbonyl (C=O) groups excluding carboxylic acids is 1. The van der Waals surface area contributed by atoms with E-state index < -0.39 is 9.84 Å². The van der Waals surface area contributed by atoms with Crippen LogP contribution in [0.4, 0.5) is 0 Å². The Kier molecular flexibility index (Phi) is 5.39. The fourth-order valence-corrected chi connectivity index (χ4v) is 3.11. The van der Waals surface area contributed by atoms with Gasteiger partial charge in [0.2, 0.25) is 0 Å². The van der Waals surface area contributed by atoms with Gasteiger partial charge in [-0.15, -0.1) is 0 Å². The van der Waals surface area contributed by atoms with Crippen LogP contribution in [0.5, 0.6) is 0 Å². The van der Waals surface area contributed by atoms with Crippen LogP contribution in [-0.4, -0.2) is 45.1 Å². The third-order valence-electron chi connectivity index (χ3n) is 2.67. The zero-order valence-electron chi connectivity index (χ0n) is 10.4. The van der Waals surface area contributed by atoms with Crippen LogP contribution in [0.3, 0.4) is 0 Å². The highest BCUT2D eigenvalue weighted by atomic mass is 32.2. The maximum absolute atomic E-state index is 11.4. The van der Waals surface area contributed by atoms with Crippen molar-refractivity contribution < 1.29 is 17.9 Å². The van der Waals surface area contributed by atoms with E-state index in [1.54, 1.807) is 0 Å². The molecule has 1 unspecified atom stereocenters. The third-order valence-corrected chi connectivity index (χ3v) is 4.41. The van der Waals surface area contributed by atoms with E-state index in [9.17, 15) is 13.2 Å². The molecule has 5 nitrogen and oxygen atoms in total. The molecule has 0 aromatic rings. The van der Waals surface area contributed by atoms with Gasteiger partial charge in [-0.3, -0.25) is 4.79 Å². The number of rotatable bonds is 5. The molecule has 0 bridgehead atoms. The van der Waals surface area contributed by atoms with Gasteiger partial charge in [-0.25, -0.2) is 8.42 Å². The summed E-state index contributed by atoms with van der Waals surface area (Å²) >= 11 is 0. The van der Waals surface area contributed by atoms with Gasteiger partial charge in [0.1, 0.15) is 0 Å². The smallest absolute Gasteiger partial charge is 0.307 e. The van der Waals surface area contributed by atoms with Crippen LogP contribution in [0.1, 0.15) is 26.7 Å². The molecule has 0 radical (unpaired) electrons. The van der Waals surface area contributed by atoms with E-state index >= 15 is 0 Å². The molecule has 1 heterocycles. The normalized spacial score (nSPS) is 23.6. The Labute approximate surface area is 103 Å². The van der Waals surface area contributed by atoms with Crippen molar-refractivity contribution in [1.29, 1.82) is 0 Å². The Bertz CT molecular complexity index is 350. The molecular formula is C11H21NO4S. The summed E-state index contributed by atoms with van der Waals surface area (Å²) in [5.41, 5.74) is 0. The van der Waals surface area contributed by atoms with Crippen molar-refractivity contribution in [1.82, 2.24) is 5.32 Å². The monoisotopic (exact) mass is 263 g/mol. The number of esters is 1. The fraction of sp³-hybridized carbons (Fsp3) is 0.909. The van der Waals surface area contributed by atoms with Gasteiger partial charge in [0, 0.05) is 12.6 Å². The van der Waals surface area contributed by atoms with Crippen LogP contribution < -0.4 is 5.32 Å². The number of nitrogens with one attached hydrogen (secondary N) is 1. The van der Waals surface area contributed by atoms with E-state index in [0.29, 0.717) is 19.1 Å². The van der Waals surface area contributed by atoms with Crippen LogP contribution in [-0.2, 0) is 19.4 Å². The van der Waals surface area contributed by atoms with E-state index in [2.05, 4.69) is 19.2 Å². The van der Waals surface area contributed by atoms with Gasteiger partial charge >= 0.3 is 5.97 Å². The molecule has 0 aliphatic carbocycles. The van der Waals surface area contributed by atoms with Crippen LogP contribution in [0, 0.1) is 5.92 Å². The van der Waals surface area contributed by atoms with Crippen molar-refractivity contribution in [3.8, 4) is 0 Å². The first-order valence-electron chi connectivity index (χ1n) is 5.98. The number of carbonyl (C=O) groups is 1. The fourth-order valence-electron chi connectivity index (χ4n) is 1.67. The molecule has 0 saturated carbocycles. The maximum atomic E-state index is 11.4. The molecule has 1 N–H and O–H groups in total. The summed E-state index contributed by atoms with van der Waals surface area (Å²) in [5.74, 6) is 0.370. The van der Waals surface area contributed by atoms with Crippen molar-refractivity contribution in [2.24, 2.45) is 5.92 Å². The molecule has 0 amide bonds. The highest BCUT2D eigenvalue weighted by molar-refractivity contribution is 7.91. The summed E-state index contributed by atoms with van der Waals surface area (Å²) in [4.78, 5) is 11.4. The molecule has 100 valence electrons. The lowest BCUT2D eigenvalue weighted by Gasteiger charge is -2.22. The Morgan fingerprint density at radius 1 is 1.47 bits per heavy atom. The summed E-state index contributed by atoms with van der Waals surface area (Å²) in [6.45, 7) is 4.95. The standard InChI is InChI=1S/C11H21NO4S/c1-9(2)3-5-16-11(13)7-10-8-17(14,15)6-4-12-10/h9-10,12H,3-8H2,1-2H3. The highest BCUT2D eigenvalue weighted by Crippen LogP contribution is 2.07. The van der Waals surface area contributed by atoms with Crippen molar-refractivity contribution in [3.63, 3.8) is 0 Å². The van der Waals surface area contributed by atoms with Gasteiger partial charge in [0.15, 0.2) is 9.84 Å². The summed E-state index contributed by atoms with van der Waals surface area (Å²) in [5, 5.41) is 3.02. The first-order chi connectivity index (χ1) is 7.89. The molecule has 0 aromatic carbocycles. The predicted octanol–water partition coefficient (Wildman–Crippen LogP) is 0.352. The van der Waals surface area contributed by atoms with Crippen molar-refractivity contribution in [2.45, 2.75) is 32.7 Å². The number of sulfone groups is 1. The lowest BCUT2D eigenvalue weighted by molar-refractivity contribution is -0.144. The van der Waals surface area contributed by atoms with Gasteiger partial charge in [-0.2, -0.15) is 0 Å². The van der Waals surface area contributed by atoms with Gasteiger partial charge in [-0.1, -0.05) is 13.8 Å². The Balaban J connectivity index is 2.26. The van der Waals surface area contributed by atoms with Gasteiger partial charge < -0.3 is 10.1 Å². The molecular weight excluding hydrogens is 242 g/mol. The van der Waals surface area contributed by atoms with Crippen LogP contribution in [0.25, 0.3) is 0 Å². The van der Waals surface area contributed by atoms with E-state index in [1.165, 1.54) is 0 Å². The summed E-state index contributed by atoms with van der Waals surface area (Å²) in [6, 6.07) is -0.291. The van der Waals surface area contributed by atoms with Crippen molar-refractivity contribution in [2.75, 3.05) is 24.7 Å². The molecule has 1 saturated heterocycles. The molecule has 1 aliphatic heterocycles. The van der Waals surface area contributed by atoms with Gasteiger partial charge in [0.25, 0.3) is 0 Å². The van der Waals surface area contributed by atoms with Crippen molar-refractivity contribution >= 4 is 15.8 Å². The zero-order valence-corrected chi connectivity index (χ0v) is 11.3. The maximum Gasteiger partial charge on any atom is 0.307 e. The van der Waals surface area contributed by atoms with Crippen molar-refractivity contribution in [3.05, 3.63) is 0 Å². The first-order valence-corrected chi connectivity index (χ1v) is 7.80. The second-order valence-electron chi connectivity index (χ2n) is 4.87. The first kappa shape index (κ1) is 14.4. The van der Waals surface area contributed by atoms with Crippen LogP contribution in [0.15, 0.2) is 0 Å². The van der Waals surface area contributed by atoms with Crippen LogP contribution in [0.2, 0.25) is 0 Å². The Hall–Kier alpha value is -0.620. The second-order valence-corrected chi connectivity index (χ2v) is 7.10. The largest absolute Gasteiger partial charge is 0.466 e. The average molecular weight is 263 g/mol. The summed E-state index contributed by atoms with van der Waals surface area (Å²) in [7, 11) is -2.98. The van der Waals surface area contributed by atoms with E-state index in [-0.39, 0.29) is 29.9 Å². The predicted molar refractivity (Wildman–Crippen MR) is 65.5 cm³/mol. The zero-order chi connectivity index (χ0) is 12.9. The number of hydrogen-bond donors (Lipinski definition) is 1. The minimum Gasteiger partial charge on any atom is -0.466 e. The lowest BCUT2D eigenvalue weighted by atomic mass is 10.1. The van der Waals surface area contributed by atoms with E-state index in [1.807, 2.05) is 0 Å². The lowest BCUT2D eigenvalue weighted by Crippen LogP contribution is -2.46. The highest BCUT2D eigenvalue weighted by Gasteiger charge is 2.26. The second kappa shape index (κ2) is 6.35. The summed E-state index contributed by atoms with van der Waals surface area (Å²) in [6.07, 6.45) is 0.972. The summed E-state index contributed by atoms with van der Waals surface area (Å²) < 4.78 is 27.8. The molecule has 1 rings (SSSR count). The molecule has 1 atom stereocenters.